The first-order valence-electron chi connectivity index (χ1n) is 5.99. The Morgan fingerprint density at radius 1 is 1.58 bits per heavy atom. The first kappa shape index (κ1) is 13.3. The van der Waals surface area contributed by atoms with E-state index < -0.39 is 5.97 Å². The highest BCUT2D eigenvalue weighted by atomic mass is 16.5. The maximum atomic E-state index is 11.3. The van der Waals surface area contributed by atoms with Crippen molar-refractivity contribution in [1.82, 2.24) is 10.3 Å². The van der Waals surface area contributed by atoms with Crippen molar-refractivity contribution in [2.45, 2.75) is 19.5 Å². The summed E-state index contributed by atoms with van der Waals surface area (Å²) >= 11 is 0. The van der Waals surface area contributed by atoms with Gasteiger partial charge in [-0.1, -0.05) is 6.07 Å². The fourth-order valence-electron chi connectivity index (χ4n) is 1.70. The van der Waals surface area contributed by atoms with E-state index >= 15 is 0 Å². The quantitative estimate of drug-likeness (QED) is 0.836. The molecule has 1 unspecified atom stereocenters. The van der Waals surface area contributed by atoms with Crippen LogP contribution in [0.25, 0.3) is 0 Å². The van der Waals surface area contributed by atoms with Crippen molar-refractivity contribution in [3.8, 4) is 0 Å². The number of hydrogen-bond donors (Lipinski definition) is 1. The van der Waals surface area contributed by atoms with Crippen LogP contribution in [0.2, 0.25) is 0 Å². The number of pyridine rings is 1. The molecule has 5 nitrogen and oxygen atoms in total. The van der Waals surface area contributed by atoms with Gasteiger partial charge < -0.3 is 14.5 Å². The van der Waals surface area contributed by atoms with Gasteiger partial charge in [-0.15, -0.1) is 0 Å². The molecule has 2 heterocycles. The normalized spacial score (nSPS) is 12.1. The lowest BCUT2D eigenvalue weighted by atomic mass is 10.1. The van der Waals surface area contributed by atoms with Gasteiger partial charge in [-0.05, 0) is 24.6 Å². The Morgan fingerprint density at radius 3 is 3.11 bits per heavy atom. The van der Waals surface area contributed by atoms with Crippen molar-refractivity contribution < 1.29 is 13.9 Å². The van der Waals surface area contributed by atoms with E-state index in [-0.39, 0.29) is 6.04 Å². The summed E-state index contributed by atoms with van der Waals surface area (Å²) in [5.41, 5.74) is 1.52. The van der Waals surface area contributed by atoms with E-state index in [1.807, 2.05) is 25.3 Å². The van der Waals surface area contributed by atoms with Crippen LogP contribution in [0, 0.1) is 0 Å². The van der Waals surface area contributed by atoms with Gasteiger partial charge in [0, 0.05) is 18.4 Å². The molecule has 19 heavy (non-hydrogen) atoms. The number of ether oxygens (including phenoxy) is 1. The third-order valence-electron chi connectivity index (χ3n) is 2.84. The molecule has 0 radical (unpaired) electrons. The number of rotatable bonds is 5. The smallest absolute Gasteiger partial charge is 0.341 e. The van der Waals surface area contributed by atoms with Gasteiger partial charge >= 0.3 is 5.97 Å². The highest BCUT2D eigenvalue weighted by molar-refractivity contribution is 5.88. The molecule has 2 aromatic heterocycles. The molecule has 0 aliphatic rings. The molecule has 0 amide bonds. The largest absolute Gasteiger partial charge is 0.467 e. The molecule has 0 aliphatic carbocycles. The van der Waals surface area contributed by atoms with Crippen LogP contribution < -0.4 is 5.32 Å². The lowest BCUT2D eigenvalue weighted by molar-refractivity contribution is 0.0600. The Labute approximate surface area is 111 Å². The van der Waals surface area contributed by atoms with E-state index in [1.54, 1.807) is 12.3 Å². The van der Waals surface area contributed by atoms with Crippen LogP contribution in [0.4, 0.5) is 0 Å². The minimum atomic E-state index is -0.393. The van der Waals surface area contributed by atoms with Crippen molar-refractivity contribution in [3.05, 3.63) is 53.7 Å². The number of carbonyl (C=O) groups is 1. The average molecular weight is 260 g/mol. The number of hydrogen-bond acceptors (Lipinski definition) is 5. The molecule has 0 bridgehead atoms. The second-order valence-corrected chi connectivity index (χ2v) is 4.18. The number of methoxy groups -OCH3 is 1. The van der Waals surface area contributed by atoms with Crippen LogP contribution in [0.15, 0.2) is 41.3 Å². The van der Waals surface area contributed by atoms with Gasteiger partial charge in [0.1, 0.15) is 12.0 Å². The number of nitrogens with one attached hydrogen (secondary N) is 1. The molecule has 2 aromatic rings. The van der Waals surface area contributed by atoms with E-state index in [1.165, 1.54) is 13.4 Å². The lowest BCUT2D eigenvalue weighted by Crippen LogP contribution is -2.17. The Hall–Kier alpha value is -2.14. The molecule has 1 N–H and O–H groups in total. The van der Waals surface area contributed by atoms with Crippen molar-refractivity contribution in [2.24, 2.45) is 0 Å². The number of esters is 1. The van der Waals surface area contributed by atoms with Crippen molar-refractivity contribution in [2.75, 3.05) is 7.11 Å². The zero-order valence-electron chi connectivity index (χ0n) is 10.9. The molecule has 0 saturated heterocycles. The average Bonchev–Trinajstić information content (AvgIpc) is 2.93. The topological polar surface area (TPSA) is 64.4 Å². The molecule has 100 valence electrons. The SMILES string of the molecule is COC(=O)c1coc(CNC(C)c2cccnc2)c1. The van der Waals surface area contributed by atoms with Crippen LogP contribution >= 0.6 is 0 Å². The molecule has 0 fully saturated rings. The summed E-state index contributed by atoms with van der Waals surface area (Å²) in [6, 6.07) is 5.73. The van der Waals surface area contributed by atoms with E-state index in [0.717, 1.165) is 5.56 Å². The van der Waals surface area contributed by atoms with Crippen LogP contribution in [0.3, 0.4) is 0 Å². The predicted molar refractivity (Wildman–Crippen MR) is 69.5 cm³/mol. The maximum absolute atomic E-state index is 11.3. The highest BCUT2D eigenvalue weighted by Gasteiger charge is 2.11. The van der Waals surface area contributed by atoms with Crippen LogP contribution in [0.5, 0.6) is 0 Å². The Morgan fingerprint density at radius 2 is 2.42 bits per heavy atom. The Bertz CT molecular complexity index is 537. The van der Waals surface area contributed by atoms with E-state index in [0.29, 0.717) is 17.9 Å². The zero-order chi connectivity index (χ0) is 13.7. The van der Waals surface area contributed by atoms with Crippen LogP contribution in [-0.4, -0.2) is 18.1 Å². The number of furan rings is 1. The highest BCUT2D eigenvalue weighted by Crippen LogP contribution is 2.13. The summed E-state index contributed by atoms with van der Waals surface area (Å²) in [5.74, 6) is 0.298. The minimum Gasteiger partial charge on any atom is -0.467 e. The summed E-state index contributed by atoms with van der Waals surface area (Å²) in [6.45, 7) is 2.58. The van der Waals surface area contributed by atoms with Crippen molar-refractivity contribution in [1.29, 1.82) is 0 Å². The van der Waals surface area contributed by atoms with Crippen molar-refractivity contribution >= 4 is 5.97 Å². The molecular formula is C14H16N2O3. The van der Waals surface area contributed by atoms with Gasteiger partial charge in [0.2, 0.25) is 0 Å². The Balaban J connectivity index is 1.92. The first-order valence-corrected chi connectivity index (χ1v) is 5.99. The maximum Gasteiger partial charge on any atom is 0.341 e. The van der Waals surface area contributed by atoms with E-state index in [9.17, 15) is 4.79 Å². The van der Waals surface area contributed by atoms with Gasteiger partial charge in [0.15, 0.2) is 0 Å². The monoisotopic (exact) mass is 260 g/mol. The summed E-state index contributed by atoms with van der Waals surface area (Å²) in [5, 5.41) is 3.30. The standard InChI is InChI=1S/C14H16N2O3/c1-10(11-4-3-5-15-7-11)16-8-13-6-12(9-19-13)14(17)18-2/h3-7,9-10,16H,8H2,1-2H3. The fraction of sp³-hybridized carbons (Fsp3) is 0.286. The van der Waals surface area contributed by atoms with E-state index in [4.69, 9.17) is 4.42 Å². The molecule has 0 aromatic carbocycles. The summed E-state index contributed by atoms with van der Waals surface area (Å²) in [7, 11) is 1.34. The first-order chi connectivity index (χ1) is 9.20. The summed E-state index contributed by atoms with van der Waals surface area (Å²) in [4.78, 5) is 15.3. The molecule has 0 aliphatic heterocycles. The lowest BCUT2D eigenvalue weighted by Gasteiger charge is -2.12. The number of nitrogens with zero attached hydrogens (tertiary/aromatic N) is 1. The Kier molecular flexibility index (Phi) is 4.30. The molecule has 0 spiro atoms. The third-order valence-corrected chi connectivity index (χ3v) is 2.84. The van der Waals surface area contributed by atoms with Gasteiger partial charge in [0.25, 0.3) is 0 Å². The number of aromatic nitrogens is 1. The predicted octanol–water partition coefficient (Wildman–Crippen LogP) is 2.31. The fourth-order valence-corrected chi connectivity index (χ4v) is 1.70. The molecule has 5 heteroatoms. The van der Waals surface area contributed by atoms with Gasteiger partial charge in [-0.2, -0.15) is 0 Å². The summed E-state index contributed by atoms with van der Waals surface area (Å²) in [6.07, 6.45) is 4.96. The minimum absolute atomic E-state index is 0.153. The molecule has 2 rings (SSSR count). The van der Waals surface area contributed by atoms with Crippen LogP contribution in [0.1, 0.15) is 34.6 Å². The zero-order valence-corrected chi connectivity index (χ0v) is 10.9. The van der Waals surface area contributed by atoms with Gasteiger partial charge in [-0.3, -0.25) is 4.98 Å². The van der Waals surface area contributed by atoms with E-state index in [2.05, 4.69) is 15.0 Å². The third kappa shape index (κ3) is 3.42. The molecular weight excluding hydrogens is 244 g/mol. The second-order valence-electron chi connectivity index (χ2n) is 4.18. The second kappa shape index (κ2) is 6.15. The van der Waals surface area contributed by atoms with Crippen molar-refractivity contribution in [3.63, 3.8) is 0 Å². The summed E-state index contributed by atoms with van der Waals surface area (Å²) < 4.78 is 9.91. The van der Waals surface area contributed by atoms with Gasteiger partial charge in [0.05, 0.1) is 19.2 Å². The van der Waals surface area contributed by atoms with Gasteiger partial charge in [-0.25, -0.2) is 4.79 Å². The molecule has 0 saturated carbocycles. The molecule has 1 atom stereocenters. The number of carbonyl (C=O) groups excluding carboxylic acids is 1. The van der Waals surface area contributed by atoms with Crippen LogP contribution in [-0.2, 0) is 11.3 Å².